The highest BCUT2D eigenvalue weighted by Gasteiger charge is 2.02. The number of hydrogen-bond acceptors (Lipinski definition) is 3. The molecule has 1 N–H and O–H groups in total. The Morgan fingerprint density at radius 2 is 2.29 bits per heavy atom. The Balaban J connectivity index is 2.39. The van der Waals surface area contributed by atoms with E-state index in [2.05, 4.69) is 15.0 Å². The SMILES string of the molecule is O=Cc1c[nH]c(-c2ccc(Cl)nc2)n1. The second-order valence-electron chi connectivity index (χ2n) is 2.66. The largest absolute Gasteiger partial charge is 0.344 e. The van der Waals surface area contributed by atoms with Crippen molar-refractivity contribution < 1.29 is 4.79 Å². The van der Waals surface area contributed by atoms with Crippen LogP contribution in [0.15, 0.2) is 24.5 Å². The molecule has 2 heterocycles. The first-order chi connectivity index (χ1) is 6.79. The van der Waals surface area contributed by atoms with Gasteiger partial charge in [0.15, 0.2) is 6.29 Å². The second kappa shape index (κ2) is 3.59. The van der Waals surface area contributed by atoms with Crippen LogP contribution < -0.4 is 0 Å². The van der Waals surface area contributed by atoms with E-state index in [4.69, 9.17) is 11.6 Å². The molecule has 0 amide bonds. The lowest BCUT2D eigenvalue weighted by Crippen LogP contribution is -1.83. The third-order valence-corrected chi connectivity index (χ3v) is 1.94. The Kier molecular flexibility index (Phi) is 2.28. The lowest BCUT2D eigenvalue weighted by Gasteiger charge is -1.94. The lowest BCUT2D eigenvalue weighted by molar-refractivity contribution is 0.111. The van der Waals surface area contributed by atoms with Gasteiger partial charge in [-0.3, -0.25) is 4.79 Å². The number of rotatable bonds is 2. The molecule has 4 nitrogen and oxygen atoms in total. The Morgan fingerprint density at radius 1 is 1.43 bits per heavy atom. The molecule has 5 heteroatoms. The summed E-state index contributed by atoms with van der Waals surface area (Å²) in [6, 6.07) is 3.45. The van der Waals surface area contributed by atoms with Crippen molar-refractivity contribution in [2.75, 3.05) is 0 Å². The standard InChI is InChI=1S/C9H6ClN3O/c10-8-2-1-6(3-11-8)9-12-4-7(5-14)13-9/h1-5H,(H,12,13). The summed E-state index contributed by atoms with van der Waals surface area (Å²) >= 11 is 5.63. The summed E-state index contributed by atoms with van der Waals surface area (Å²) in [6.07, 6.45) is 3.82. The van der Waals surface area contributed by atoms with Gasteiger partial charge < -0.3 is 4.98 Å². The normalized spacial score (nSPS) is 10.1. The highest BCUT2D eigenvalue weighted by atomic mass is 35.5. The zero-order valence-electron chi connectivity index (χ0n) is 7.07. The highest BCUT2D eigenvalue weighted by Crippen LogP contribution is 2.15. The van der Waals surface area contributed by atoms with Crippen molar-refractivity contribution in [3.05, 3.63) is 35.4 Å². The number of aromatic amines is 1. The van der Waals surface area contributed by atoms with Gasteiger partial charge in [0.05, 0.1) is 0 Å². The highest BCUT2D eigenvalue weighted by molar-refractivity contribution is 6.29. The minimum atomic E-state index is 0.370. The molecule has 0 radical (unpaired) electrons. The summed E-state index contributed by atoms with van der Waals surface area (Å²) in [5, 5.41) is 0.427. The average Bonchev–Trinajstić information content (AvgIpc) is 2.67. The van der Waals surface area contributed by atoms with Gasteiger partial charge in [0.25, 0.3) is 0 Å². The molecule has 0 fully saturated rings. The number of carbonyl (C=O) groups is 1. The summed E-state index contributed by atoms with van der Waals surface area (Å²) in [5.74, 6) is 0.608. The molecule has 0 saturated carbocycles. The minimum Gasteiger partial charge on any atom is -0.344 e. The zero-order valence-corrected chi connectivity index (χ0v) is 7.82. The zero-order chi connectivity index (χ0) is 9.97. The van der Waals surface area contributed by atoms with Crippen LogP contribution in [0.2, 0.25) is 5.15 Å². The predicted molar refractivity (Wildman–Crippen MR) is 52.2 cm³/mol. The molecule has 2 aromatic heterocycles. The lowest BCUT2D eigenvalue weighted by atomic mass is 10.3. The fourth-order valence-corrected chi connectivity index (χ4v) is 1.17. The molecule has 0 bridgehead atoms. The minimum absolute atomic E-state index is 0.370. The summed E-state index contributed by atoms with van der Waals surface area (Å²) in [4.78, 5) is 21.2. The van der Waals surface area contributed by atoms with E-state index in [1.54, 1.807) is 18.3 Å². The van der Waals surface area contributed by atoms with E-state index in [0.717, 1.165) is 5.56 Å². The number of carbonyl (C=O) groups excluding carboxylic acids is 1. The first kappa shape index (κ1) is 8.90. The number of nitrogens with one attached hydrogen (secondary N) is 1. The molecule has 0 atom stereocenters. The van der Waals surface area contributed by atoms with Gasteiger partial charge in [0.1, 0.15) is 16.7 Å². The van der Waals surface area contributed by atoms with E-state index in [9.17, 15) is 4.79 Å². The average molecular weight is 208 g/mol. The third kappa shape index (κ3) is 1.65. The van der Waals surface area contributed by atoms with Gasteiger partial charge in [-0.1, -0.05) is 11.6 Å². The van der Waals surface area contributed by atoms with Crippen molar-refractivity contribution in [2.24, 2.45) is 0 Å². The van der Waals surface area contributed by atoms with Gasteiger partial charge in [0.2, 0.25) is 0 Å². The fourth-order valence-electron chi connectivity index (χ4n) is 1.06. The Bertz CT molecular complexity index is 449. The number of pyridine rings is 1. The molecule has 14 heavy (non-hydrogen) atoms. The molecule has 0 aliphatic carbocycles. The number of H-pyrrole nitrogens is 1. The first-order valence-corrected chi connectivity index (χ1v) is 4.30. The number of aromatic nitrogens is 3. The molecule has 0 aromatic carbocycles. The Hall–Kier alpha value is -1.68. The van der Waals surface area contributed by atoms with Crippen LogP contribution in [0.1, 0.15) is 10.5 Å². The van der Waals surface area contributed by atoms with Gasteiger partial charge >= 0.3 is 0 Å². The van der Waals surface area contributed by atoms with Crippen molar-refractivity contribution >= 4 is 17.9 Å². The summed E-state index contributed by atoms with van der Waals surface area (Å²) in [6.45, 7) is 0. The molecule has 0 spiro atoms. The molecule has 70 valence electrons. The van der Waals surface area contributed by atoms with E-state index in [1.165, 1.54) is 6.20 Å². The Morgan fingerprint density at radius 3 is 2.86 bits per heavy atom. The molecule has 0 aliphatic rings. The molecule has 2 rings (SSSR count). The number of hydrogen-bond donors (Lipinski definition) is 1. The number of nitrogens with zero attached hydrogens (tertiary/aromatic N) is 2. The topological polar surface area (TPSA) is 58.6 Å². The van der Waals surface area contributed by atoms with Crippen LogP contribution in [0, 0.1) is 0 Å². The van der Waals surface area contributed by atoms with E-state index in [1.807, 2.05) is 0 Å². The van der Waals surface area contributed by atoms with E-state index in [-0.39, 0.29) is 0 Å². The van der Waals surface area contributed by atoms with Crippen LogP contribution in [-0.4, -0.2) is 21.2 Å². The van der Waals surface area contributed by atoms with Crippen LogP contribution in [0.3, 0.4) is 0 Å². The van der Waals surface area contributed by atoms with Gasteiger partial charge in [-0.25, -0.2) is 9.97 Å². The van der Waals surface area contributed by atoms with Crippen molar-refractivity contribution in [1.29, 1.82) is 0 Å². The van der Waals surface area contributed by atoms with Crippen LogP contribution in [-0.2, 0) is 0 Å². The quantitative estimate of drug-likeness (QED) is 0.605. The summed E-state index contributed by atoms with van der Waals surface area (Å²) < 4.78 is 0. The predicted octanol–water partition coefficient (Wildman–Crippen LogP) is 1.94. The second-order valence-corrected chi connectivity index (χ2v) is 3.05. The van der Waals surface area contributed by atoms with Crippen molar-refractivity contribution in [3.63, 3.8) is 0 Å². The van der Waals surface area contributed by atoms with Crippen LogP contribution in [0.5, 0.6) is 0 Å². The van der Waals surface area contributed by atoms with E-state index in [0.29, 0.717) is 23.0 Å². The van der Waals surface area contributed by atoms with Gasteiger partial charge in [0, 0.05) is 18.0 Å². The van der Waals surface area contributed by atoms with Gasteiger partial charge in [-0.15, -0.1) is 0 Å². The molecular weight excluding hydrogens is 202 g/mol. The van der Waals surface area contributed by atoms with Gasteiger partial charge in [-0.05, 0) is 12.1 Å². The van der Waals surface area contributed by atoms with E-state index >= 15 is 0 Å². The molecule has 0 aliphatic heterocycles. The maximum Gasteiger partial charge on any atom is 0.170 e. The van der Waals surface area contributed by atoms with Crippen LogP contribution in [0.25, 0.3) is 11.4 Å². The number of aldehydes is 1. The van der Waals surface area contributed by atoms with E-state index < -0.39 is 0 Å². The third-order valence-electron chi connectivity index (χ3n) is 1.72. The Labute approximate surface area is 85.0 Å². The molecule has 0 unspecified atom stereocenters. The van der Waals surface area contributed by atoms with Crippen molar-refractivity contribution in [2.45, 2.75) is 0 Å². The maximum atomic E-state index is 10.4. The number of imidazole rings is 1. The monoisotopic (exact) mass is 207 g/mol. The van der Waals surface area contributed by atoms with Crippen LogP contribution >= 0.6 is 11.6 Å². The van der Waals surface area contributed by atoms with Crippen LogP contribution in [0.4, 0.5) is 0 Å². The van der Waals surface area contributed by atoms with Crippen molar-refractivity contribution in [1.82, 2.24) is 15.0 Å². The smallest absolute Gasteiger partial charge is 0.170 e. The summed E-state index contributed by atoms with van der Waals surface area (Å²) in [7, 11) is 0. The summed E-state index contributed by atoms with van der Waals surface area (Å²) in [5.41, 5.74) is 1.16. The molecular formula is C9H6ClN3O. The van der Waals surface area contributed by atoms with Gasteiger partial charge in [-0.2, -0.15) is 0 Å². The fraction of sp³-hybridized carbons (Fsp3) is 0. The van der Waals surface area contributed by atoms with Crippen molar-refractivity contribution in [3.8, 4) is 11.4 Å². The first-order valence-electron chi connectivity index (χ1n) is 3.92. The molecule has 0 saturated heterocycles. The number of halogens is 1. The molecule has 2 aromatic rings. The maximum absolute atomic E-state index is 10.4.